The van der Waals surface area contributed by atoms with Gasteiger partial charge in [0.15, 0.2) is 11.9 Å². The molecule has 0 aliphatic carbocycles. The van der Waals surface area contributed by atoms with Crippen molar-refractivity contribution in [2.75, 3.05) is 18.4 Å². The molecule has 1 amide bonds. The second kappa shape index (κ2) is 5.60. The Labute approximate surface area is 115 Å². The predicted molar refractivity (Wildman–Crippen MR) is 70.4 cm³/mol. The molecule has 1 aliphatic rings. The molecule has 1 unspecified atom stereocenters. The Morgan fingerprint density at radius 2 is 2.35 bits per heavy atom. The minimum Gasteiger partial charge on any atom is -0.477 e. The van der Waals surface area contributed by atoms with E-state index < -0.39 is 6.10 Å². The summed E-state index contributed by atoms with van der Waals surface area (Å²) < 4.78 is 10.3. The molecule has 1 aromatic heterocycles. The number of hydrogen-bond donors (Lipinski definition) is 2. The second-order valence-electron chi connectivity index (χ2n) is 4.37. The predicted octanol–water partition coefficient (Wildman–Crippen LogP) is 0.601. The van der Waals surface area contributed by atoms with E-state index in [1.165, 1.54) is 6.39 Å². The van der Waals surface area contributed by atoms with Crippen LogP contribution in [0.25, 0.3) is 0 Å². The maximum absolute atomic E-state index is 12.0. The molecule has 1 aliphatic heterocycles. The number of fused-ring (bicyclic) bond motifs is 1. The normalized spacial score (nSPS) is 16.7. The topological polar surface area (TPSA) is 89.3 Å². The van der Waals surface area contributed by atoms with Crippen molar-refractivity contribution in [1.29, 1.82) is 0 Å². The number of hydrogen-bond acceptors (Lipinski definition) is 6. The van der Waals surface area contributed by atoms with E-state index in [1.807, 2.05) is 24.3 Å². The molecule has 2 aromatic rings. The first-order chi connectivity index (χ1) is 9.83. The Kier molecular flexibility index (Phi) is 3.49. The molecule has 1 atom stereocenters. The first-order valence-electron chi connectivity index (χ1n) is 6.35. The van der Waals surface area contributed by atoms with E-state index in [1.54, 1.807) is 0 Å². The van der Waals surface area contributed by atoms with E-state index in [0.29, 0.717) is 31.1 Å². The van der Waals surface area contributed by atoms with E-state index in [0.717, 1.165) is 5.69 Å². The summed E-state index contributed by atoms with van der Waals surface area (Å²) in [6, 6.07) is 7.54. The fourth-order valence-electron chi connectivity index (χ4n) is 1.97. The molecule has 2 N–H and O–H groups in total. The number of para-hydroxylation sites is 2. The summed E-state index contributed by atoms with van der Waals surface area (Å²) >= 11 is 0. The molecule has 20 heavy (non-hydrogen) atoms. The van der Waals surface area contributed by atoms with E-state index >= 15 is 0 Å². The number of nitrogens with one attached hydrogen (secondary N) is 2. The Morgan fingerprint density at radius 3 is 3.20 bits per heavy atom. The molecular weight excluding hydrogens is 260 g/mol. The van der Waals surface area contributed by atoms with E-state index in [2.05, 4.69) is 25.3 Å². The van der Waals surface area contributed by atoms with Crippen LogP contribution in [0.1, 0.15) is 5.82 Å². The van der Waals surface area contributed by atoms with Crippen LogP contribution in [0.2, 0.25) is 0 Å². The van der Waals surface area contributed by atoms with Gasteiger partial charge in [0.25, 0.3) is 5.91 Å². The fraction of sp³-hybridized carbons (Fsp3) is 0.308. The number of rotatable bonds is 4. The number of benzene rings is 1. The lowest BCUT2D eigenvalue weighted by Crippen LogP contribution is -2.45. The van der Waals surface area contributed by atoms with E-state index in [9.17, 15) is 4.79 Å². The Bertz CT molecular complexity index is 585. The summed E-state index contributed by atoms with van der Waals surface area (Å²) in [6.45, 7) is 0.894. The number of nitrogens with zero attached hydrogens (tertiary/aromatic N) is 2. The number of ether oxygens (including phenoxy) is 1. The quantitative estimate of drug-likeness (QED) is 0.848. The lowest BCUT2D eigenvalue weighted by molar-refractivity contribution is -0.127. The Hall–Kier alpha value is -2.57. The van der Waals surface area contributed by atoms with E-state index in [-0.39, 0.29) is 5.91 Å². The van der Waals surface area contributed by atoms with Crippen LogP contribution in [-0.4, -0.2) is 35.2 Å². The van der Waals surface area contributed by atoms with Gasteiger partial charge >= 0.3 is 0 Å². The summed E-state index contributed by atoms with van der Waals surface area (Å²) in [6.07, 6.45) is 1.26. The third-order valence-corrected chi connectivity index (χ3v) is 2.98. The van der Waals surface area contributed by atoms with Crippen molar-refractivity contribution in [3.63, 3.8) is 0 Å². The summed E-state index contributed by atoms with van der Waals surface area (Å²) in [5.74, 6) is 1.10. The van der Waals surface area contributed by atoms with Crippen LogP contribution in [0.4, 0.5) is 5.69 Å². The highest BCUT2D eigenvalue weighted by molar-refractivity contribution is 5.83. The number of carbonyl (C=O) groups is 1. The third kappa shape index (κ3) is 2.71. The van der Waals surface area contributed by atoms with Gasteiger partial charge in [0.05, 0.1) is 12.2 Å². The molecular formula is C13H14N4O3. The standard InChI is InChI=1S/C13H14N4O3/c18-13(14-6-5-12-16-8-19-17-12)11-7-15-9-3-1-2-4-10(9)20-11/h1-4,8,11,15H,5-7H2,(H,14,18). The number of aromatic nitrogens is 2. The average Bonchev–Trinajstić information content (AvgIpc) is 3.00. The maximum atomic E-state index is 12.0. The minimum absolute atomic E-state index is 0.157. The van der Waals surface area contributed by atoms with Crippen molar-refractivity contribution >= 4 is 11.6 Å². The van der Waals surface area contributed by atoms with Crippen molar-refractivity contribution < 1.29 is 14.1 Å². The summed E-state index contributed by atoms with van der Waals surface area (Å²) in [4.78, 5) is 15.9. The number of amides is 1. The molecule has 0 fully saturated rings. The van der Waals surface area contributed by atoms with Gasteiger partial charge in [0.2, 0.25) is 6.39 Å². The summed E-state index contributed by atoms with van der Waals surface area (Å²) in [7, 11) is 0. The summed E-state index contributed by atoms with van der Waals surface area (Å²) in [5.41, 5.74) is 0.906. The average molecular weight is 274 g/mol. The molecule has 104 valence electrons. The van der Waals surface area contributed by atoms with Gasteiger partial charge in [-0.2, -0.15) is 4.98 Å². The van der Waals surface area contributed by atoms with Gasteiger partial charge in [-0.15, -0.1) is 0 Å². The molecule has 0 radical (unpaired) electrons. The highest BCUT2D eigenvalue weighted by atomic mass is 16.5. The third-order valence-electron chi connectivity index (χ3n) is 2.98. The lowest BCUT2D eigenvalue weighted by atomic mass is 10.2. The Balaban J connectivity index is 1.51. The number of anilines is 1. The smallest absolute Gasteiger partial charge is 0.262 e. The molecule has 1 aromatic carbocycles. The second-order valence-corrected chi connectivity index (χ2v) is 4.37. The van der Waals surface area contributed by atoms with Crippen molar-refractivity contribution in [1.82, 2.24) is 15.5 Å². The van der Waals surface area contributed by atoms with Crippen LogP contribution in [0, 0.1) is 0 Å². The maximum Gasteiger partial charge on any atom is 0.262 e. The van der Waals surface area contributed by atoms with Crippen LogP contribution in [-0.2, 0) is 11.2 Å². The molecule has 0 spiro atoms. The lowest BCUT2D eigenvalue weighted by Gasteiger charge is -2.26. The van der Waals surface area contributed by atoms with Crippen LogP contribution in [0.3, 0.4) is 0 Å². The molecule has 2 heterocycles. The van der Waals surface area contributed by atoms with Crippen LogP contribution in [0.5, 0.6) is 5.75 Å². The van der Waals surface area contributed by atoms with Crippen molar-refractivity contribution in [3.05, 3.63) is 36.5 Å². The number of carbonyl (C=O) groups excluding carboxylic acids is 1. The SMILES string of the molecule is O=C(NCCc1ncon1)C1CNc2ccccc2O1. The molecule has 7 nitrogen and oxygen atoms in total. The largest absolute Gasteiger partial charge is 0.477 e. The van der Waals surface area contributed by atoms with Gasteiger partial charge in [0.1, 0.15) is 5.75 Å². The molecule has 0 saturated heterocycles. The van der Waals surface area contributed by atoms with Crippen molar-refractivity contribution in [2.24, 2.45) is 0 Å². The first-order valence-corrected chi connectivity index (χ1v) is 6.35. The van der Waals surface area contributed by atoms with Gasteiger partial charge in [-0.05, 0) is 12.1 Å². The van der Waals surface area contributed by atoms with Gasteiger partial charge in [-0.25, -0.2) is 0 Å². The molecule has 0 saturated carbocycles. The van der Waals surface area contributed by atoms with Crippen molar-refractivity contribution in [2.45, 2.75) is 12.5 Å². The van der Waals surface area contributed by atoms with Crippen LogP contribution >= 0.6 is 0 Å². The van der Waals surface area contributed by atoms with Crippen molar-refractivity contribution in [3.8, 4) is 5.75 Å². The van der Waals surface area contributed by atoms with Crippen LogP contribution in [0.15, 0.2) is 35.2 Å². The molecule has 3 rings (SSSR count). The monoisotopic (exact) mass is 274 g/mol. The van der Waals surface area contributed by atoms with Gasteiger partial charge < -0.3 is 19.9 Å². The zero-order valence-electron chi connectivity index (χ0n) is 10.7. The fourth-order valence-corrected chi connectivity index (χ4v) is 1.97. The first kappa shape index (κ1) is 12.5. The zero-order chi connectivity index (χ0) is 13.8. The Morgan fingerprint density at radius 1 is 1.45 bits per heavy atom. The minimum atomic E-state index is -0.532. The van der Waals surface area contributed by atoms with Gasteiger partial charge in [-0.3, -0.25) is 4.79 Å². The summed E-state index contributed by atoms with van der Waals surface area (Å²) in [5, 5.41) is 9.64. The zero-order valence-corrected chi connectivity index (χ0v) is 10.7. The highest BCUT2D eigenvalue weighted by Crippen LogP contribution is 2.28. The van der Waals surface area contributed by atoms with Gasteiger partial charge in [-0.1, -0.05) is 17.3 Å². The molecule has 7 heteroatoms. The highest BCUT2D eigenvalue weighted by Gasteiger charge is 2.25. The van der Waals surface area contributed by atoms with Gasteiger partial charge in [0, 0.05) is 13.0 Å². The molecule has 0 bridgehead atoms. The van der Waals surface area contributed by atoms with E-state index in [4.69, 9.17) is 4.74 Å². The van der Waals surface area contributed by atoms with Crippen LogP contribution < -0.4 is 15.4 Å².